The molecule has 2 unspecified atom stereocenters. The van der Waals surface area contributed by atoms with Gasteiger partial charge in [-0.3, -0.25) is 19.7 Å². The Bertz CT molecular complexity index is 1250. The largest absolute Gasteiger partial charge is 0.446 e. The summed E-state index contributed by atoms with van der Waals surface area (Å²) >= 11 is 1.29. The molecule has 0 saturated carbocycles. The number of thiophene rings is 1. The molecule has 0 bridgehead atoms. The Labute approximate surface area is 205 Å². The summed E-state index contributed by atoms with van der Waals surface area (Å²) in [6, 6.07) is 15.5. The lowest BCUT2D eigenvalue weighted by Gasteiger charge is -2.25. The summed E-state index contributed by atoms with van der Waals surface area (Å²) in [7, 11) is 0. The lowest BCUT2D eigenvalue weighted by atomic mass is 10.1. The fourth-order valence-corrected chi connectivity index (χ4v) is 4.67. The number of ether oxygens (including phenoxy) is 1. The van der Waals surface area contributed by atoms with Crippen LogP contribution in [-0.4, -0.2) is 40.2 Å². The van der Waals surface area contributed by atoms with Crippen molar-refractivity contribution in [2.24, 2.45) is 0 Å². The number of nitrogens with one attached hydrogen (secondary N) is 1. The van der Waals surface area contributed by atoms with Gasteiger partial charge in [0.05, 0.1) is 9.80 Å². The molecule has 1 aliphatic heterocycles. The SMILES string of the molecule is Cc1ccc(NC(=O)C(OC(=O)C2CCCN2C(=O)c2cccs2)c2ccccc2)c([N+](=O)[O-])c1. The maximum atomic E-state index is 13.2. The molecule has 2 amide bonds. The van der Waals surface area contributed by atoms with Crippen molar-refractivity contribution in [2.75, 3.05) is 11.9 Å². The Morgan fingerprint density at radius 1 is 1.14 bits per heavy atom. The van der Waals surface area contributed by atoms with Crippen molar-refractivity contribution in [1.29, 1.82) is 0 Å². The van der Waals surface area contributed by atoms with Crippen LogP contribution in [-0.2, 0) is 14.3 Å². The van der Waals surface area contributed by atoms with E-state index in [1.807, 2.05) is 0 Å². The molecule has 2 aromatic carbocycles. The first-order valence-corrected chi connectivity index (χ1v) is 11.9. The van der Waals surface area contributed by atoms with Gasteiger partial charge in [0, 0.05) is 18.2 Å². The van der Waals surface area contributed by atoms with Crippen molar-refractivity contribution in [1.82, 2.24) is 4.90 Å². The molecular formula is C25H23N3O6S. The van der Waals surface area contributed by atoms with Gasteiger partial charge in [-0.05, 0) is 42.8 Å². The van der Waals surface area contributed by atoms with E-state index in [1.165, 1.54) is 28.4 Å². The van der Waals surface area contributed by atoms with Crippen LogP contribution in [0.3, 0.4) is 0 Å². The van der Waals surface area contributed by atoms with Crippen LogP contribution < -0.4 is 5.32 Å². The molecule has 1 aromatic heterocycles. The molecule has 1 saturated heterocycles. The van der Waals surface area contributed by atoms with Gasteiger partial charge in [-0.2, -0.15) is 0 Å². The number of hydrogen-bond acceptors (Lipinski definition) is 7. The minimum Gasteiger partial charge on any atom is -0.446 e. The first kappa shape index (κ1) is 24.1. The number of likely N-dealkylation sites (tertiary alicyclic amines) is 1. The lowest BCUT2D eigenvalue weighted by Crippen LogP contribution is -2.42. The van der Waals surface area contributed by atoms with Crippen LogP contribution in [0, 0.1) is 17.0 Å². The summed E-state index contributed by atoms with van der Waals surface area (Å²) in [5.41, 5.74) is 0.803. The van der Waals surface area contributed by atoms with Crippen LogP contribution in [0.5, 0.6) is 0 Å². The number of esters is 1. The minimum atomic E-state index is -1.36. The molecule has 1 aliphatic rings. The molecule has 4 rings (SSSR count). The average molecular weight is 494 g/mol. The molecule has 1 N–H and O–H groups in total. The quantitative estimate of drug-likeness (QED) is 0.294. The van der Waals surface area contributed by atoms with E-state index in [4.69, 9.17) is 4.74 Å². The van der Waals surface area contributed by atoms with E-state index in [9.17, 15) is 24.5 Å². The number of carbonyl (C=O) groups is 3. The number of nitrogens with zero attached hydrogens (tertiary/aromatic N) is 2. The zero-order valence-corrected chi connectivity index (χ0v) is 19.7. The number of carbonyl (C=O) groups excluding carboxylic acids is 3. The second kappa shape index (κ2) is 10.5. The second-order valence-corrected chi connectivity index (χ2v) is 9.08. The molecule has 35 heavy (non-hydrogen) atoms. The molecule has 10 heteroatoms. The molecule has 180 valence electrons. The fourth-order valence-electron chi connectivity index (χ4n) is 3.99. The van der Waals surface area contributed by atoms with E-state index in [-0.39, 0.29) is 17.3 Å². The number of aryl methyl sites for hydroxylation is 1. The predicted molar refractivity (Wildman–Crippen MR) is 130 cm³/mol. The van der Waals surface area contributed by atoms with Crippen molar-refractivity contribution in [3.05, 3.63) is 92.2 Å². The molecule has 1 fully saturated rings. The summed E-state index contributed by atoms with van der Waals surface area (Å²) in [6.07, 6.45) is -0.305. The van der Waals surface area contributed by atoms with Gasteiger partial charge in [0.15, 0.2) is 0 Å². The molecule has 0 radical (unpaired) electrons. The second-order valence-electron chi connectivity index (χ2n) is 8.13. The van der Waals surface area contributed by atoms with Crippen LogP contribution >= 0.6 is 11.3 Å². The van der Waals surface area contributed by atoms with Crippen LogP contribution in [0.15, 0.2) is 66.0 Å². The van der Waals surface area contributed by atoms with E-state index in [1.54, 1.807) is 60.8 Å². The summed E-state index contributed by atoms with van der Waals surface area (Å²) in [5.74, 6) is -1.68. The Morgan fingerprint density at radius 2 is 1.91 bits per heavy atom. The van der Waals surface area contributed by atoms with Gasteiger partial charge >= 0.3 is 5.97 Å². The molecular weight excluding hydrogens is 470 g/mol. The summed E-state index contributed by atoms with van der Waals surface area (Å²) in [4.78, 5) is 52.2. The number of benzene rings is 2. The summed E-state index contributed by atoms with van der Waals surface area (Å²) in [6.45, 7) is 2.12. The van der Waals surface area contributed by atoms with Gasteiger partial charge in [0.25, 0.3) is 17.5 Å². The molecule has 2 heterocycles. The van der Waals surface area contributed by atoms with E-state index in [0.717, 1.165) is 0 Å². The third-order valence-electron chi connectivity index (χ3n) is 5.70. The molecule has 0 aliphatic carbocycles. The third kappa shape index (κ3) is 5.38. The Hall–Kier alpha value is -4.05. The van der Waals surface area contributed by atoms with Gasteiger partial charge in [-0.15, -0.1) is 11.3 Å². The number of hydrogen-bond donors (Lipinski definition) is 1. The van der Waals surface area contributed by atoms with E-state index < -0.39 is 28.9 Å². The number of rotatable bonds is 7. The normalized spacial score (nSPS) is 15.9. The zero-order valence-electron chi connectivity index (χ0n) is 18.9. The molecule has 9 nitrogen and oxygen atoms in total. The first-order valence-electron chi connectivity index (χ1n) is 11.0. The highest BCUT2D eigenvalue weighted by atomic mass is 32.1. The smallest absolute Gasteiger partial charge is 0.329 e. The summed E-state index contributed by atoms with van der Waals surface area (Å²) < 4.78 is 5.67. The topological polar surface area (TPSA) is 119 Å². The monoisotopic (exact) mass is 493 g/mol. The Morgan fingerprint density at radius 3 is 2.60 bits per heavy atom. The lowest BCUT2D eigenvalue weighted by molar-refractivity contribution is -0.384. The van der Waals surface area contributed by atoms with Gasteiger partial charge in [-0.25, -0.2) is 4.79 Å². The Balaban J connectivity index is 1.57. The number of amides is 2. The molecule has 2 atom stereocenters. The fraction of sp³-hybridized carbons (Fsp3) is 0.240. The van der Waals surface area contributed by atoms with Gasteiger partial charge in [0.2, 0.25) is 6.10 Å². The van der Waals surface area contributed by atoms with Crippen molar-refractivity contribution < 1.29 is 24.0 Å². The van der Waals surface area contributed by atoms with Crippen LogP contribution in [0.4, 0.5) is 11.4 Å². The average Bonchev–Trinajstić information content (AvgIpc) is 3.56. The number of nitro benzene ring substituents is 1. The molecule has 3 aromatic rings. The van der Waals surface area contributed by atoms with Gasteiger partial charge in [-0.1, -0.05) is 42.5 Å². The van der Waals surface area contributed by atoms with Crippen molar-refractivity contribution in [2.45, 2.75) is 31.9 Å². The van der Waals surface area contributed by atoms with Crippen molar-refractivity contribution in [3.8, 4) is 0 Å². The van der Waals surface area contributed by atoms with E-state index >= 15 is 0 Å². The third-order valence-corrected chi connectivity index (χ3v) is 6.56. The van der Waals surface area contributed by atoms with Gasteiger partial charge < -0.3 is 15.0 Å². The number of anilines is 1. The van der Waals surface area contributed by atoms with E-state index in [0.29, 0.717) is 35.4 Å². The van der Waals surface area contributed by atoms with Crippen LogP contribution in [0.2, 0.25) is 0 Å². The highest BCUT2D eigenvalue weighted by Crippen LogP contribution is 2.29. The van der Waals surface area contributed by atoms with Crippen LogP contribution in [0.25, 0.3) is 0 Å². The highest BCUT2D eigenvalue weighted by Gasteiger charge is 2.38. The van der Waals surface area contributed by atoms with Crippen molar-refractivity contribution in [3.63, 3.8) is 0 Å². The van der Waals surface area contributed by atoms with Crippen LogP contribution in [0.1, 0.15) is 39.7 Å². The minimum absolute atomic E-state index is 0.00190. The maximum Gasteiger partial charge on any atom is 0.329 e. The van der Waals surface area contributed by atoms with Crippen molar-refractivity contribution >= 4 is 40.5 Å². The zero-order chi connectivity index (χ0) is 24.9. The first-order chi connectivity index (χ1) is 16.8. The molecule has 0 spiro atoms. The van der Waals surface area contributed by atoms with E-state index in [2.05, 4.69) is 5.32 Å². The van der Waals surface area contributed by atoms with Gasteiger partial charge in [0.1, 0.15) is 11.7 Å². The summed E-state index contributed by atoms with van der Waals surface area (Å²) in [5, 5.41) is 15.8. The maximum absolute atomic E-state index is 13.2. The Kier molecular flexibility index (Phi) is 7.21. The highest BCUT2D eigenvalue weighted by molar-refractivity contribution is 7.12. The predicted octanol–water partition coefficient (Wildman–Crippen LogP) is 4.49. The standard InChI is InChI=1S/C25H23N3O6S/c1-16-11-12-18(20(15-16)28(32)33)26-23(29)22(17-7-3-2-4-8-17)34-25(31)19-9-5-13-27(19)24(30)21-10-6-14-35-21/h2-4,6-8,10-12,14-15,19,22H,5,9,13H2,1H3,(H,26,29). The number of nitro groups is 1.